The van der Waals surface area contributed by atoms with E-state index in [-0.39, 0.29) is 5.00 Å². The van der Waals surface area contributed by atoms with Crippen molar-refractivity contribution in [3.8, 4) is 0 Å². The van der Waals surface area contributed by atoms with Gasteiger partial charge in [-0.15, -0.1) is 11.6 Å². The van der Waals surface area contributed by atoms with E-state index in [1.807, 2.05) is 14.1 Å². The summed E-state index contributed by atoms with van der Waals surface area (Å²) in [6.07, 6.45) is 4.78. The predicted octanol–water partition coefficient (Wildman–Crippen LogP) is 1.30. The zero-order valence-corrected chi connectivity index (χ0v) is 8.04. The molecule has 1 aliphatic rings. The van der Waals surface area contributed by atoms with Crippen LogP contribution >= 0.6 is 11.6 Å². The van der Waals surface area contributed by atoms with E-state index in [1.165, 1.54) is 19.3 Å². The smallest absolute Gasteiger partial charge is 0.109 e. The minimum Gasteiger partial charge on any atom is -0.314 e. The van der Waals surface area contributed by atoms with Gasteiger partial charge in [0.25, 0.3) is 0 Å². The SMILES string of the molecule is CNC1CCCCC1(Cl)NC. The molecule has 1 rings (SSSR count). The molecule has 0 amide bonds. The van der Waals surface area contributed by atoms with Crippen molar-refractivity contribution in [3.63, 3.8) is 0 Å². The van der Waals surface area contributed by atoms with Crippen LogP contribution in [-0.2, 0) is 0 Å². The second kappa shape index (κ2) is 3.74. The van der Waals surface area contributed by atoms with E-state index in [0.717, 1.165) is 6.42 Å². The van der Waals surface area contributed by atoms with Gasteiger partial charge in [-0.05, 0) is 26.9 Å². The minimum atomic E-state index is -0.201. The van der Waals surface area contributed by atoms with Gasteiger partial charge in [0.05, 0.1) is 0 Å². The molecule has 2 nitrogen and oxygen atoms in total. The molecule has 0 aromatic rings. The van der Waals surface area contributed by atoms with Crippen molar-refractivity contribution in [2.75, 3.05) is 14.1 Å². The van der Waals surface area contributed by atoms with Gasteiger partial charge in [0.15, 0.2) is 0 Å². The van der Waals surface area contributed by atoms with Crippen LogP contribution < -0.4 is 10.6 Å². The van der Waals surface area contributed by atoms with Gasteiger partial charge in [0, 0.05) is 6.04 Å². The molecule has 1 fully saturated rings. The Hall–Kier alpha value is 0.210. The molecule has 0 spiro atoms. The molecule has 66 valence electrons. The summed E-state index contributed by atoms with van der Waals surface area (Å²) < 4.78 is 0. The van der Waals surface area contributed by atoms with Gasteiger partial charge in [-0.1, -0.05) is 12.8 Å². The summed E-state index contributed by atoms with van der Waals surface area (Å²) in [6.45, 7) is 0. The molecule has 2 unspecified atom stereocenters. The van der Waals surface area contributed by atoms with Gasteiger partial charge in [-0.3, -0.25) is 0 Å². The summed E-state index contributed by atoms with van der Waals surface area (Å²) in [5.41, 5.74) is 0. The van der Waals surface area contributed by atoms with Gasteiger partial charge in [0.1, 0.15) is 5.00 Å². The first-order valence-corrected chi connectivity index (χ1v) is 4.66. The summed E-state index contributed by atoms with van der Waals surface area (Å²) in [5, 5.41) is 6.44. The zero-order chi connectivity index (χ0) is 8.32. The van der Waals surface area contributed by atoms with E-state index in [0.29, 0.717) is 6.04 Å². The maximum absolute atomic E-state index is 6.35. The highest BCUT2D eigenvalue weighted by atomic mass is 35.5. The molecule has 2 N–H and O–H groups in total. The van der Waals surface area contributed by atoms with Crippen LogP contribution in [0, 0.1) is 0 Å². The first kappa shape index (κ1) is 9.30. The molecule has 0 aliphatic heterocycles. The van der Waals surface area contributed by atoms with Gasteiger partial charge in [-0.25, -0.2) is 0 Å². The van der Waals surface area contributed by atoms with Gasteiger partial charge < -0.3 is 10.6 Å². The van der Waals surface area contributed by atoms with Crippen LogP contribution in [-0.4, -0.2) is 25.1 Å². The van der Waals surface area contributed by atoms with Crippen molar-refractivity contribution >= 4 is 11.6 Å². The van der Waals surface area contributed by atoms with Crippen molar-refractivity contribution in [3.05, 3.63) is 0 Å². The number of hydrogen-bond acceptors (Lipinski definition) is 2. The van der Waals surface area contributed by atoms with Gasteiger partial charge in [0.2, 0.25) is 0 Å². The molecule has 3 heteroatoms. The fourth-order valence-corrected chi connectivity index (χ4v) is 2.16. The lowest BCUT2D eigenvalue weighted by molar-refractivity contribution is 0.270. The lowest BCUT2D eigenvalue weighted by Gasteiger charge is -2.38. The molecule has 11 heavy (non-hydrogen) atoms. The Bertz CT molecular complexity index is 129. The third-order valence-electron chi connectivity index (χ3n) is 2.60. The van der Waals surface area contributed by atoms with Crippen molar-refractivity contribution in [2.45, 2.75) is 36.7 Å². The van der Waals surface area contributed by atoms with Crippen molar-refractivity contribution in [1.82, 2.24) is 10.6 Å². The van der Waals surface area contributed by atoms with Crippen LogP contribution in [0.2, 0.25) is 0 Å². The molecule has 0 aromatic carbocycles. The molecule has 1 saturated carbocycles. The monoisotopic (exact) mass is 176 g/mol. The van der Waals surface area contributed by atoms with Crippen molar-refractivity contribution in [1.29, 1.82) is 0 Å². The van der Waals surface area contributed by atoms with Crippen LogP contribution in [0.5, 0.6) is 0 Å². The second-order valence-electron chi connectivity index (χ2n) is 3.20. The topological polar surface area (TPSA) is 24.1 Å². The normalized spacial score (nSPS) is 39.0. The minimum absolute atomic E-state index is 0.201. The lowest BCUT2D eigenvalue weighted by atomic mass is 9.90. The predicted molar refractivity (Wildman–Crippen MR) is 49.0 cm³/mol. The van der Waals surface area contributed by atoms with Gasteiger partial charge in [-0.2, -0.15) is 0 Å². The van der Waals surface area contributed by atoms with E-state index in [4.69, 9.17) is 11.6 Å². The van der Waals surface area contributed by atoms with Crippen LogP contribution in [0.3, 0.4) is 0 Å². The highest BCUT2D eigenvalue weighted by Crippen LogP contribution is 2.31. The van der Waals surface area contributed by atoms with Crippen molar-refractivity contribution in [2.24, 2.45) is 0 Å². The standard InChI is InChI=1S/C8H17ClN2/c1-10-7-5-3-4-6-8(7,9)11-2/h7,10-11H,3-6H2,1-2H3. The van der Waals surface area contributed by atoms with Crippen LogP contribution in [0.25, 0.3) is 0 Å². The van der Waals surface area contributed by atoms with Gasteiger partial charge >= 0.3 is 0 Å². The molecule has 2 atom stereocenters. The summed E-state index contributed by atoms with van der Waals surface area (Å²) in [4.78, 5) is -0.201. The summed E-state index contributed by atoms with van der Waals surface area (Å²) in [6, 6.07) is 0.419. The van der Waals surface area contributed by atoms with Crippen molar-refractivity contribution < 1.29 is 0 Å². The fraction of sp³-hybridized carbons (Fsp3) is 1.00. The fourth-order valence-electron chi connectivity index (χ4n) is 1.81. The summed E-state index contributed by atoms with van der Waals surface area (Å²) in [7, 11) is 3.91. The average molecular weight is 177 g/mol. The third kappa shape index (κ3) is 1.86. The molecule has 0 heterocycles. The summed E-state index contributed by atoms with van der Waals surface area (Å²) >= 11 is 6.35. The molecule has 0 bridgehead atoms. The number of nitrogens with one attached hydrogen (secondary N) is 2. The molecule has 0 aromatic heterocycles. The Kier molecular flexibility index (Phi) is 3.16. The second-order valence-corrected chi connectivity index (χ2v) is 3.87. The number of hydrogen-bond donors (Lipinski definition) is 2. The lowest BCUT2D eigenvalue weighted by Crippen LogP contribution is -2.55. The molecule has 1 aliphatic carbocycles. The largest absolute Gasteiger partial charge is 0.314 e. The van der Waals surface area contributed by atoms with E-state index in [2.05, 4.69) is 10.6 Å². The maximum Gasteiger partial charge on any atom is 0.109 e. The molecular weight excluding hydrogens is 160 g/mol. The molecular formula is C8H17ClN2. The van der Waals surface area contributed by atoms with E-state index in [1.54, 1.807) is 0 Å². The average Bonchev–Trinajstić information content (AvgIpc) is 2.05. The Morgan fingerprint density at radius 3 is 2.55 bits per heavy atom. The highest BCUT2D eigenvalue weighted by molar-refractivity contribution is 6.24. The van der Waals surface area contributed by atoms with Crippen LogP contribution in [0.1, 0.15) is 25.7 Å². The van der Waals surface area contributed by atoms with Crippen LogP contribution in [0.4, 0.5) is 0 Å². The Morgan fingerprint density at radius 2 is 2.09 bits per heavy atom. The Morgan fingerprint density at radius 1 is 1.36 bits per heavy atom. The third-order valence-corrected chi connectivity index (χ3v) is 3.24. The number of alkyl halides is 1. The summed E-state index contributed by atoms with van der Waals surface area (Å²) in [5.74, 6) is 0. The quantitative estimate of drug-likeness (QED) is 0.490. The molecule has 0 saturated heterocycles. The van der Waals surface area contributed by atoms with E-state index >= 15 is 0 Å². The first-order valence-electron chi connectivity index (χ1n) is 4.28. The zero-order valence-electron chi connectivity index (χ0n) is 7.28. The number of halogens is 1. The highest BCUT2D eigenvalue weighted by Gasteiger charge is 2.36. The first-order chi connectivity index (χ1) is 5.23. The Labute approximate surface area is 73.7 Å². The van der Waals surface area contributed by atoms with E-state index in [9.17, 15) is 0 Å². The maximum atomic E-state index is 6.35. The van der Waals surface area contributed by atoms with E-state index < -0.39 is 0 Å². The number of rotatable bonds is 2. The Balaban J connectivity index is 2.57. The van der Waals surface area contributed by atoms with Crippen LogP contribution in [0.15, 0.2) is 0 Å². The molecule has 0 radical (unpaired) electrons. The number of likely N-dealkylation sites (N-methyl/N-ethyl adjacent to an activating group) is 2.